The van der Waals surface area contributed by atoms with Crippen molar-refractivity contribution in [2.24, 2.45) is 0 Å². The molecule has 18 heavy (non-hydrogen) atoms. The van der Waals surface area contributed by atoms with Crippen molar-refractivity contribution < 1.29 is 9.47 Å². The molecule has 0 aliphatic rings. The molecule has 0 radical (unpaired) electrons. The SMILES string of the molecule is COc1nc(Oc2cc(C)ccc2C)ncc1Br. The first-order valence-electron chi connectivity index (χ1n) is 5.42. The van der Waals surface area contributed by atoms with E-state index >= 15 is 0 Å². The maximum Gasteiger partial charge on any atom is 0.325 e. The lowest BCUT2D eigenvalue weighted by molar-refractivity contribution is 0.373. The fraction of sp³-hybridized carbons (Fsp3) is 0.231. The molecule has 0 unspecified atom stereocenters. The Bertz CT molecular complexity index is 573. The Balaban J connectivity index is 2.31. The maximum atomic E-state index is 5.66. The third-order valence-corrected chi connectivity index (χ3v) is 2.97. The molecule has 0 aliphatic carbocycles. The summed E-state index contributed by atoms with van der Waals surface area (Å²) >= 11 is 3.30. The van der Waals surface area contributed by atoms with E-state index < -0.39 is 0 Å². The van der Waals surface area contributed by atoms with Crippen molar-refractivity contribution in [1.29, 1.82) is 0 Å². The molecule has 0 fully saturated rings. The zero-order valence-electron chi connectivity index (χ0n) is 10.4. The second-order valence-electron chi connectivity index (χ2n) is 3.88. The number of aromatic nitrogens is 2. The highest BCUT2D eigenvalue weighted by molar-refractivity contribution is 9.10. The normalized spacial score (nSPS) is 10.2. The molecule has 0 N–H and O–H groups in total. The molecule has 0 spiro atoms. The van der Waals surface area contributed by atoms with Crippen LogP contribution in [0.2, 0.25) is 0 Å². The van der Waals surface area contributed by atoms with Gasteiger partial charge in [0.2, 0.25) is 5.88 Å². The number of hydrogen-bond donors (Lipinski definition) is 0. The molecule has 5 heteroatoms. The Morgan fingerprint density at radius 3 is 2.72 bits per heavy atom. The molecule has 2 rings (SSSR count). The van der Waals surface area contributed by atoms with Crippen molar-refractivity contribution in [3.63, 3.8) is 0 Å². The van der Waals surface area contributed by atoms with Crippen molar-refractivity contribution in [2.75, 3.05) is 7.11 Å². The second-order valence-corrected chi connectivity index (χ2v) is 4.74. The molecular weight excluding hydrogens is 296 g/mol. The highest BCUT2D eigenvalue weighted by Crippen LogP contribution is 2.27. The van der Waals surface area contributed by atoms with E-state index in [9.17, 15) is 0 Å². The molecule has 0 aliphatic heterocycles. The lowest BCUT2D eigenvalue weighted by Gasteiger charge is -2.09. The van der Waals surface area contributed by atoms with Gasteiger partial charge in [0, 0.05) is 0 Å². The van der Waals surface area contributed by atoms with E-state index in [1.807, 2.05) is 32.0 Å². The first-order valence-corrected chi connectivity index (χ1v) is 6.21. The Morgan fingerprint density at radius 2 is 2.00 bits per heavy atom. The summed E-state index contributed by atoms with van der Waals surface area (Å²) in [5.41, 5.74) is 2.16. The number of rotatable bonds is 3. The minimum atomic E-state index is 0.267. The third-order valence-electron chi connectivity index (χ3n) is 2.43. The molecule has 94 valence electrons. The van der Waals surface area contributed by atoms with Crippen LogP contribution in [0.1, 0.15) is 11.1 Å². The molecule has 0 saturated heterocycles. The Labute approximate surface area is 114 Å². The topological polar surface area (TPSA) is 44.2 Å². The predicted molar refractivity (Wildman–Crippen MR) is 72.3 cm³/mol. The number of methoxy groups -OCH3 is 1. The standard InChI is InChI=1S/C13H13BrN2O2/c1-8-4-5-9(2)11(6-8)18-13-15-7-10(14)12(16-13)17-3/h4-7H,1-3H3. The van der Waals surface area contributed by atoms with Crippen LogP contribution in [0.25, 0.3) is 0 Å². The first-order chi connectivity index (χ1) is 8.60. The average Bonchev–Trinajstić information content (AvgIpc) is 2.36. The molecule has 4 nitrogen and oxygen atoms in total. The van der Waals surface area contributed by atoms with Crippen molar-refractivity contribution in [1.82, 2.24) is 9.97 Å². The van der Waals surface area contributed by atoms with Crippen LogP contribution in [0.4, 0.5) is 0 Å². The van der Waals surface area contributed by atoms with Crippen LogP contribution in [0.15, 0.2) is 28.9 Å². The van der Waals surface area contributed by atoms with Crippen LogP contribution >= 0.6 is 15.9 Å². The van der Waals surface area contributed by atoms with Gasteiger partial charge in [-0.2, -0.15) is 4.98 Å². The molecule has 0 saturated carbocycles. The molecule has 0 bridgehead atoms. The number of hydrogen-bond acceptors (Lipinski definition) is 4. The van der Waals surface area contributed by atoms with E-state index in [0.717, 1.165) is 16.9 Å². The number of benzene rings is 1. The van der Waals surface area contributed by atoms with Gasteiger partial charge in [-0.1, -0.05) is 12.1 Å². The minimum Gasteiger partial charge on any atom is -0.480 e. The van der Waals surface area contributed by atoms with E-state index in [1.54, 1.807) is 13.3 Å². The van der Waals surface area contributed by atoms with E-state index in [4.69, 9.17) is 9.47 Å². The van der Waals surface area contributed by atoms with Crippen LogP contribution in [0.3, 0.4) is 0 Å². The molecular formula is C13H13BrN2O2. The van der Waals surface area contributed by atoms with Crippen molar-refractivity contribution in [3.05, 3.63) is 40.0 Å². The molecule has 2 aromatic rings. The predicted octanol–water partition coefficient (Wildman–Crippen LogP) is 3.66. The van der Waals surface area contributed by atoms with Gasteiger partial charge < -0.3 is 9.47 Å². The van der Waals surface area contributed by atoms with E-state index in [1.165, 1.54) is 0 Å². The molecule has 1 aromatic carbocycles. The fourth-order valence-corrected chi connectivity index (χ4v) is 1.80. The maximum absolute atomic E-state index is 5.66. The van der Waals surface area contributed by atoms with Crippen LogP contribution in [0.5, 0.6) is 17.6 Å². The minimum absolute atomic E-state index is 0.267. The molecule has 1 heterocycles. The highest BCUT2D eigenvalue weighted by atomic mass is 79.9. The van der Waals surface area contributed by atoms with Crippen LogP contribution in [-0.2, 0) is 0 Å². The first kappa shape index (κ1) is 12.8. The average molecular weight is 309 g/mol. The van der Waals surface area contributed by atoms with Crippen molar-refractivity contribution in [2.45, 2.75) is 13.8 Å². The Morgan fingerprint density at radius 1 is 1.22 bits per heavy atom. The molecule has 1 aromatic heterocycles. The molecule has 0 atom stereocenters. The number of nitrogens with zero attached hydrogens (tertiary/aromatic N) is 2. The van der Waals surface area contributed by atoms with Gasteiger partial charge >= 0.3 is 6.01 Å². The smallest absolute Gasteiger partial charge is 0.325 e. The fourth-order valence-electron chi connectivity index (χ4n) is 1.44. The van der Waals surface area contributed by atoms with Gasteiger partial charge in [-0.05, 0) is 47.0 Å². The van der Waals surface area contributed by atoms with Gasteiger partial charge in [0.1, 0.15) is 5.75 Å². The van der Waals surface area contributed by atoms with Gasteiger partial charge in [0.05, 0.1) is 17.8 Å². The summed E-state index contributed by atoms with van der Waals surface area (Å²) in [6.07, 6.45) is 1.60. The van der Waals surface area contributed by atoms with E-state index in [-0.39, 0.29) is 6.01 Å². The van der Waals surface area contributed by atoms with E-state index in [2.05, 4.69) is 25.9 Å². The molecule has 0 amide bonds. The van der Waals surface area contributed by atoms with Gasteiger partial charge in [0.15, 0.2) is 0 Å². The zero-order valence-corrected chi connectivity index (χ0v) is 12.0. The Hall–Kier alpha value is -1.62. The van der Waals surface area contributed by atoms with Crippen LogP contribution in [-0.4, -0.2) is 17.1 Å². The summed E-state index contributed by atoms with van der Waals surface area (Å²) in [5.74, 6) is 1.20. The number of halogens is 1. The van der Waals surface area contributed by atoms with Gasteiger partial charge in [0.25, 0.3) is 0 Å². The van der Waals surface area contributed by atoms with Crippen LogP contribution < -0.4 is 9.47 Å². The third kappa shape index (κ3) is 2.79. The monoisotopic (exact) mass is 308 g/mol. The number of aryl methyl sites for hydroxylation is 2. The van der Waals surface area contributed by atoms with Crippen molar-refractivity contribution >= 4 is 15.9 Å². The summed E-state index contributed by atoms with van der Waals surface area (Å²) in [7, 11) is 1.55. The Kier molecular flexibility index (Phi) is 3.81. The van der Waals surface area contributed by atoms with Gasteiger partial charge in [-0.15, -0.1) is 0 Å². The number of ether oxygens (including phenoxy) is 2. The summed E-state index contributed by atoms with van der Waals surface area (Å²) in [6, 6.07) is 6.25. The van der Waals surface area contributed by atoms with E-state index in [0.29, 0.717) is 10.4 Å². The van der Waals surface area contributed by atoms with Gasteiger partial charge in [-0.3, -0.25) is 0 Å². The lowest BCUT2D eigenvalue weighted by Crippen LogP contribution is -1.97. The lowest BCUT2D eigenvalue weighted by atomic mass is 10.1. The zero-order chi connectivity index (χ0) is 13.1. The van der Waals surface area contributed by atoms with Crippen LogP contribution in [0, 0.1) is 13.8 Å². The summed E-state index contributed by atoms with van der Waals surface area (Å²) < 4.78 is 11.5. The van der Waals surface area contributed by atoms with Gasteiger partial charge in [-0.25, -0.2) is 4.98 Å². The largest absolute Gasteiger partial charge is 0.480 e. The second kappa shape index (κ2) is 5.35. The summed E-state index contributed by atoms with van der Waals surface area (Å²) in [6.45, 7) is 3.99. The highest BCUT2D eigenvalue weighted by Gasteiger charge is 2.08. The summed E-state index contributed by atoms with van der Waals surface area (Å²) in [4.78, 5) is 8.25. The quantitative estimate of drug-likeness (QED) is 0.868. The summed E-state index contributed by atoms with van der Waals surface area (Å²) in [5, 5.41) is 0. The van der Waals surface area contributed by atoms with Crippen molar-refractivity contribution in [3.8, 4) is 17.6 Å².